The van der Waals surface area contributed by atoms with Crippen molar-refractivity contribution in [2.75, 3.05) is 14.2 Å². The normalized spacial score (nSPS) is 15.0. The van der Waals surface area contributed by atoms with Gasteiger partial charge in [0.25, 0.3) is 0 Å². The molecule has 3 aromatic rings. The molecule has 0 aromatic heterocycles. The standard InChI is InChI=1S/C23H18O4/c1-25-20-9-10-21(26-2)18(13-20)12-19-14-22(27-23(19)24)17-8-7-15-5-3-4-6-16(15)11-17/h3-14H,1-2H3/b19-12-. The third-order valence-electron chi connectivity index (χ3n) is 4.51. The monoisotopic (exact) mass is 358 g/mol. The van der Waals surface area contributed by atoms with Crippen LogP contribution in [-0.4, -0.2) is 20.2 Å². The smallest absolute Gasteiger partial charge is 0.343 e. The number of benzene rings is 3. The molecule has 1 heterocycles. The molecular weight excluding hydrogens is 340 g/mol. The number of cyclic esters (lactones) is 1. The molecule has 0 saturated carbocycles. The van der Waals surface area contributed by atoms with Gasteiger partial charge in [-0.15, -0.1) is 0 Å². The minimum absolute atomic E-state index is 0.386. The molecule has 0 saturated heterocycles. The van der Waals surface area contributed by atoms with Gasteiger partial charge in [0.15, 0.2) is 0 Å². The summed E-state index contributed by atoms with van der Waals surface area (Å²) in [6.45, 7) is 0. The summed E-state index contributed by atoms with van der Waals surface area (Å²) in [7, 11) is 3.19. The number of hydrogen-bond acceptors (Lipinski definition) is 4. The van der Waals surface area contributed by atoms with E-state index in [0.29, 0.717) is 22.8 Å². The van der Waals surface area contributed by atoms with Crippen molar-refractivity contribution >= 4 is 28.6 Å². The number of esters is 1. The summed E-state index contributed by atoms with van der Waals surface area (Å²) < 4.78 is 16.1. The lowest BCUT2D eigenvalue weighted by molar-refractivity contribution is -0.130. The lowest BCUT2D eigenvalue weighted by Gasteiger charge is -2.07. The molecule has 27 heavy (non-hydrogen) atoms. The predicted molar refractivity (Wildman–Crippen MR) is 106 cm³/mol. The highest BCUT2D eigenvalue weighted by Gasteiger charge is 2.22. The van der Waals surface area contributed by atoms with Crippen LogP contribution >= 0.6 is 0 Å². The van der Waals surface area contributed by atoms with Crippen molar-refractivity contribution < 1.29 is 19.0 Å². The van der Waals surface area contributed by atoms with Crippen LogP contribution in [0.5, 0.6) is 11.5 Å². The van der Waals surface area contributed by atoms with E-state index in [9.17, 15) is 4.79 Å². The number of methoxy groups -OCH3 is 2. The first-order valence-electron chi connectivity index (χ1n) is 8.55. The summed E-state index contributed by atoms with van der Waals surface area (Å²) in [5, 5.41) is 2.24. The third kappa shape index (κ3) is 3.29. The zero-order valence-electron chi connectivity index (χ0n) is 15.1. The van der Waals surface area contributed by atoms with E-state index in [0.717, 1.165) is 21.9 Å². The summed E-state index contributed by atoms with van der Waals surface area (Å²) in [5.41, 5.74) is 2.08. The van der Waals surface area contributed by atoms with Crippen molar-refractivity contribution in [3.05, 3.63) is 83.4 Å². The maximum absolute atomic E-state index is 12.4. The van der Waals surface area contributed by atoms with Crippen LogP contribution in [0, 0.1) is 0 Å². The van der Waals surface area contributed by atoms with E-state index in [-0.39, 0.29) is 5.97 Å². The van der Waals surface area contributed by atoms with Crippen molar-refractivity contribution in [3.63, 3.8) is 0 Å². The summed E-state index contributed by atoms with van der Waals surface area (Å²) in [6.07, 6.45) is 3.50. The van der Waals surface area contributed by atoms with Crippen LogP contribution in [0.15, 0.2) is 72.3 Å². The van der Waals surface area contributed by atoms with Gasteiger partial charge in [-0.3, -0.25) is 0 Å². The third-order valence-corrected chi connectivity index (χ3v) is 4.51. The highest BCUT2D eigenvalue weighted by Crippen LogP contribution is 2.32. The number of carbonyl (C=O) groups excluding carboxylic acids is 1. The maximum atomic E-state index is 12.4. The summed E-state index contributed by atoms with van der Waals surface area (Å²) in [6, 6.07) is 19.5. The van der Waals surface area contributed by atoms with Crippen LogP contribution in [0.3, 0.4) is 0 Å². The van der Waals surface area contributed by atoms with Crippen molar-refractivity contribution in [2.24, 2.45) is 0 Å². The van der Waals surface area contributed by atoms with Crippen molar-refractivity contribution in [1.82, 2.24) is 0 Å². The molecule has 3 aromatic carbocycles. The Labute approximate surface area is 157 Å². The second-order valence-electron chi connectivity index (χ2n) is 6.17. The summed E-state index contributed by atoms with van der Waals surface area (Å²) in [4.78, 5) is 12.4. The van der Waals surface area contributed by atoms with Gasteiger partial charge < -0.3 is 14.2 Å². The van der Waals surface area contributed by atoms with Crippen LogP contribution in [0.2, 0.25) is 0 Å². The topological polar surface area (TPSA) is 44.8 Å². The van der Waals surface area contributed by atoms with E-state index in [4.69, 9.17) is 14.2 Å². The van der Waals surface area contributed by atoms with E-state index >= 15 is 0 Å². The SMILES string of the molecule is COc1ccc(OC)c(/C=C2/C=C(c3ccc4ccccc4c3)OC2=O)c1. The molecule has 0 spiro atoms. The van der Waals surface area contributed by atoms with Gasteiger partial charge in [-0.05, 0) is 47.2 Å². The zero-order valence-corrected chi connectivity index (χ0v) is 15.1. The molecule has 0 N–H and O–H groups in total. The fourth-order valence-electron chi connectivity index (χ4n) is 3.09. The number of rotatable bonds is 4. The molecule has 1 aliphatic heterocycles. The van der Waals surface area contributed by atoms with Crippen molar-refractivity contribution in [1.29, 1.82) is 0 Å². The van der Waals surface area contributed by atoms with E-state index in [2.05, 4.69) is 6.07 Å². The van der Waals surface area contributed by atoms with Crippen molar-refractivity contribution in [2.45, 2.75) is 0 Å². The molecule has 4 rings (SSSR count). The lowest BCUT2D eigenvalue weighted by Crippen LogP contribution is -1.98. The molecule has 0 atom stereocenters. The highest BCUT2D eigenvalue weighted by molar-refractivity contribution is 6.05. The average molecular weight is 358 g/mol. The fraction of sp³-hybridized carbons (Fsp3) is 0.0870. The van der Waals surface area contributed by atoms with Crippen LogP contribution in [0.1, 0.15) is 11.1 Å². The Balaban J connectivity index is 1.73. The lowest BCUT2D eigenvalue weighted by atomic mass is 10.0. The Morgan fingerprint density at radius 3 is 2.48 bits per heavy atom. The molecule has 0 radical (unpaired) electrons. The molecule has 4 heteroatoms. The molecule has 0 amide bonds. The van der Waals surface area contributed by atoms with Gasteiger partial charge in [-0.25, -0.2) is 4.79 Å². The number of ether oxygens (including phenoxy) is 3. The largest absolute Gasteiger partial charge is 0.497 e. The Bertz CT molecular complexity index is 1090. The van der Waals surface area contributed by atoms with E-state index in [1.807, 2.05) is 48.5 Å². The molecular formula is C23H18O4. The molecule has 4 nitrogen and oxygen atoms in total. The minimum atomic E-state index is -0.386. The van der Waals surface area contributed by atoms with Crippen LogP contribution in [-0.2, 0) is 9.53 Å². The Morgan fingerprint density at radius 1 is 0.889 bits per heavy atom. The first kappa shape index (κ1) is 16.9. The molecule has 1 aliphatic rings. The maximum Gasteiger partial charge on any atom is 0.343 e. The van der Waals surface area contributed by atoms with Gasteiger partial charge in [0, 0.05) is 11.1 Å². The number of fused-ring (bicyclic) bond motifs is 1. The van der Waals surface area contributed by atoms with Gasteiger partial charge >= 0.3 is 5.97 Å². The minimum Gasteiger partial charge on any atom is -0.497 e. The van der Waals surface area contributed by atoms with Crippen LogP contribution in [0.4, 0.5) is 0 Å². The Morgan fingerprint density at radius 2 is 1.70 bits per heavy atom. The summed E-state index contributed by atoms with van der Waals surface area (Å²) >= 11 is 0. The molecule has 0 unspecified atom stereocenters. The first-order chi connectivity index (χ1) is 13.2. The molecule has 0 fully saturated rings. The second-order valence-corrected chi connectivity index (χ2v) is 6.17. The van der Waals surface area contributed by atoms with Gasteiger partial charge in [-0.1, -0.05) is 36.4 Å². The van der Waals surface area contributed by atoms with E-state index in [1.165, 1.54) is 0 Å². The van der Waals surface area contributed by atoms with Crippen LogP contribution < -0.4 is 9.47 Å². The van der Waals surface area contributed by atoms with Gasteiger partial charge in [0.1, 0.15) is 17.3 Å². The van der Waals surface area contributed by atoms with Gasteiger partial charge in [0.2, 0.25) is 0 Å². The van der Waals surface area contributed by atoms with Gasteiger partial charge in [0.05, 0.1) is 19.8 Å². The Hall–Kier alpha value is -3.53. The molecule has 134 valence electrons. The highest BCUT2D eigenvalue weighted by atomic mass is 16.5. The van der Waals surface area contributed by atoms with E-state index in [1.54, 1.807) is 32.4 Å². The van der Waals surface area contributed by atoms with Crippen LogP contribution in [0.25, 0.3) is 22.6 Å². The van der Waals surface area contributed by atoms with E-state index < -0.39 is 0 Å². The fourth-order valence-corrected chi connectivity index (χ4v) is 3.09. The van der Waals surface area contributed by atoms with Gasteiger partial charge in [-0.2, -0.15) is 0 Å². The zero-order chi connectivity index (χ0) is 18.8. The number of hydrogen-bond donors (Lipinski definition) is 0. The first-order valence-corrected chi connectivity index (χ1v) is 8.55. The average Bonchev–Trinajstić information content (AvgIpc) is 3.08. The molecule has 0 bridgehead atoms. The van der Waals surface area contributed by atoms with Crippen molar-refractivity contribution in [3.8, 4) is 11.5 Å². The second kappa shape index (κ2) is 7.00. The number of carbonyl (C=O) groups is 1. The quantitative estimate of drug-likeness (QED) is 0.495. The molecule has 0 aliphatic carbocycles. The predicted octanol–water partition coefficient (Wildman–Crippen LogP) is 4.84. The summed E-state index contributed by atoms with van der Waals surface area (Å²) in [5.74, 6) is 1.50. The Kier molecular flexibility index (Phi) is 4.38.